The van der Waals surface area contributed by atoms with Crippen molar-refractivity contribution in [1.29, 1.82) is 0 Å². The van der Waals surface area contributed by atoms with E-state index in [9.17, 15) is 0 Å². The molecule has 3 aromatic rings. The molecule has 3 N–H and O–H groups in total. The number of pyridine rings is 1. The van der Waals surface area contributed by atoms with Gasteiger partial charge < -0.3 is 14.9 Å². The van der Waals surface area contributed by atoms with E-state index in [2.05, 4.69) is 22.5 Å². The summed E-state index contributed by atoms with van der Waals surface area (Å²) in [6.45, 7) is 0.844. The summed E-state index contributed by atoms with van der Waals surface area (Å²) in [5.74, 6) is 7.35. The quantitative estimate of drug-likeness (QED) is 0.415. The Balaban J connectivity index is 1.61. The number of nitrogens with one attached hydrogen (secondary N) is 1. The first-order valence-corrected chi connectivity index (χ1v) is 7.03. The maximum atomic E-state index is 5.82. The Bertz CT molecular complexity index is 756. The summed E-state index contributed by atoms with van der Waals surface area (Å²) in [6, 6.07) is 17.7. The van der Waals surface area contributed by atoms with Crippen molar-refractivity contribution in [3.63, 3.8) is 0 Å². The van der Waals surface area contributed by atoms with Gasteiger partial charge >= 0.3 is 0 Å². The Hall–Kier alpha value is -2.79. The average Bonchev–Trinajstić information content (AvgIpc) is 2.59. The van der Waals surface area contributed by atoms with Crippen LogP contribution in [0.2, 0.25) is 0 Å². The summed E-state index contributed by atoms with van der Waals surface area (Å²) in [5.41, 5.74) is 2.50. The van der Waals surface area contributed by atoms with Gasteiger partial charge in [0.15, 0.2) is 11.6 Å². The molecule has 22 heavy (non-hydrogen) atoms. The SMILES string of the molecule is NNc1ncccc1OCCOc1cccc2ccccc12. The first-order chi connectivity index (χ1) is 10.9. The lowest BCUT2D eigenvalue weighted by Gasteiger charge is -2.12. The highest BCUT2D eigenvalue weighted by molar-refractivity contribution is 5.88. The Kier molecular flexibility index (Phi) is 4.36. The number of aromatic nitrogens is 1. The van der Waals surface area contributed by atoms with Crippen LogP contribution < -0.4 is 20.7 Å². The molecule has 2 aromatic carbocycles. The summed E-state index contributed by atoms with van der Waals surface area (Å²) in [5, 5.41) is 2.25. The van der Waals surface area contributed by atoms with Crippen LogP contribution in [0.15, 0.2) is 60.8 Å². The van der Waals surface area contributed by atoms with Gasteiger partial charge in [-0.2, -0.15) is 0 Å². The molecule has 0 saturated carbocycles. The fourth-order valence-electron chi connectivity index (χ4n) is 2.24. The molecule has 0 aliphatic rings. The minimum absolute atomic E-state index is 0.406. The van der Waals surface area contributed by atoms with Crippen LogP contribution in [0.1, 0.15) is 0 Å². The normalized spacial score (nSPS) is 10.4. The van der Waals surface area contributed by atoms with Gasteiger partial charge in [0, 0.05) is 11.6 Å². The molecule has 0 bridgehead atoms. The second-order valence-corrected chi connectivity index (χ2v) is 4.67. The van der Waals surface area contributed by atoms with Crippen LogP contribution in [0, 0.1) is 0 Å². The smallest absolute Gasteiger partial charge is 0.182 e. The molecule has 0 aliphatic heterocycles. The highest BCUT2D eigenvalue weighted by Gasteiger charge is 2.04. The van der Waals surface area contributed by atoms with Crippen molar-refractivity contribution in [3.8, 4) is 11.5 Å². The van der Waals surface area contributed by atoms with Crippen LogP contribution >= 0.6 is 0 Å². The van der Waals surface area contributed by atoms with Gasteiger partial charge in [0.1, 0.15) is 19.0 Å². The van der Waals surface area contributed by atoms with E-state index in [0.29, 0.717) is 24.8 Å². The minimum atomic E-state index is 0.406. The monoisotopic (exact) mass is 295 g/mol. The number of benzene rings is 2. The zero-order chi connectivity index (χ0) is 15.2. The summed E-state index contributed by atoms with van der Waals surface area (Å²) in [4.78, 5) is 4.07. The molecule has 0 spiro atoms. The van der Waals surface area contributed by atoms with E-state index in [0.717, 1.165) is 16.5 Å². The third kappa shape index (κ3) is 3.10. The van der Waals surface area contributed by atoms with Gasteiger partial charge in [-0.25, -0.2) is 10.8 Å². The second-order valence-electron chi connectivity index (χ2n) is 4.67. The van der Waals surface area contributed by atoms with Gasteiger partial charge in [-0.3, -0.25) is 0 Å². The highest BCUT2D eigenvalue weighted by atomic mass is 16.5. The summed E-state index contributed by atoms with van der Waals surface area (Å²) in [7, 11) is 0. The number of nitrogen functional groups attached to an aromatic ring is 1. The zero-order valence-corrected chi connectivity index (χ0v) is 12.0. The second kappa shape index (κ2) is 6.78. The number of nitrogens with two attached hydrogens (primary N) is 1. The van der Waals surface area contributed by atoms with Crippen molar-refractivity contribution in [2.45, 2.75) is 0 Å². The molecule has 1 aromatic heterocycles. The van der Waals surface area contributed by atoms with Crippen molar-refractivity contribution < 1.29 is 9.47 Å². The first-order valence-electron chi connectivity index (χ1n) is 7.03. The van der Waals surface area contributed by atoms with Crippen molar-refractivity contribution in [2.24, 2.45) is 5.84 Å². The van der Waals surface area contributed by atoms with Gasteiger partial charge in [-0.05, 0) is 23.6 Å². The lowest BCUT2D eigenvalue weighted by atomic mass is 10.1. The van der Waals surface area contributed by atoms with Gasteiger partial charge in [0.25, 0.3) is 0 Å². The third-order valence-corrected chi connectivity index (χ3v) is 3.26. The standard InChI is InChI=1S/C17H17N3O2/c18-20-17-16(9-4-10-19-17)22-12-11-21-15-8-3-6-13-5-1-2-7-14(13)15/h1-10H,11-12,18H2,(H,19,20). The van der Waals surface area contributed by atoms with E-state index in [4.69, 9.17) is 15.3 Å². The molecular weight excluding hydrogens is 278 g/mol. The van der Waals surface area contributed by atoms with Gasteiger partial charge in [0.05, 0.1) is 0 Å². The molecule has 0 amide bonds. The number of hydrogen-bond acceptors (Lipinski definition) is 5. The number of hydrazine groups is 1. The Morgan fingerprint density at radius 1 is 0.864 bits per heavy atom. The molecule has 5 heteroatoms. The van der Waals surface area contributed by atoms with Crippen LogP contribution in [-0.4, -0.2) is 18.2 Å². The van der Waals surface area contributed by atoms with Crippen molar-refractivity contribution >= 4 is 16.6 Å². The van der Waals surface area contributed by atoms with Crippen molar-refractivity contribution in [3.05, 3.63) is 60.8 Å². The fraction of sp³-hybridized carbons (Fsp3) is 0.118. The number of ether oxygens (including phenoxy) is 2. The van der Waals surface area contributed by atoms with E-state index in [1.54, 1.807) is 18.3 Å². The van der Waals surface area contributed by atoms with E-state index in [1.165, 1.54) is 0 Å². The van der Waals surface area contributed by atoms with Crippen molar-refractivity contribution in [2.75, 3.05) is 18.6 Å². The maximum absolute atomic E-state index is 5.82. The van der Waals surface area contributed by atoms with Crippen LogP contribution in [0.3, 0.4) is 0 Å². The van der Waals surface area contributed by atoms with Crippen LogP contribution in [-0.2, 0) is 0 Å². The van der Waals surface area contributed by atoms with Gasteiger partial charge in [-0.15, -0.1) is 0 Å². The van der Waals surface area contributed by atoms with Crippen LogP contribution in [0.5, 0.6) is 11.5 Å². The van der Waals surface area contributed by atoms with Gasteiger partial charge in [0.2, 0.25) is 0 Å². The topological polar surface area (TPSA) is 69.4 Å². The molecule has 0 saturated heterocycles. The molecule has 0 radical (unpaired) electrons. The molecular formula is C17H17N3O2. The molecule has 0 atom stereocenters. The van der Waals surface area contributed by atoms with E-state index in [1.807, 2.05) is 30.3 Å². The lowest BCUT2D eigenvalue weighted by Crippen LogP contribution is -2.13. The Morgan fingerprint density at radius 2 is 1.59 bits per heavy atom. The third-order valence-electron chi connectivity index (χ3n) is 3.26. The fourth-order valence-corrected chi connectivity index (χ4v) is 2.24. The highest BCUT2D eigenvalue weighted by Crippen LogP contribution is 2.25. The molecule has 0 aliphatic carbocycles. The van der Waals surface area contributed by atoms with Gasteiger partial charge in [-0.1, -0.05) is 36.4 Å². The number of rotatable bonds is 6. The van der Waals surface area contributed by atoms with Crippen LogP contribution in [0.25, 0.3) is 10.8 Å². The first kappa shape index (κ1) is 14.2. The zero-order valence-electron chi connectivity index (χ0n) is 12.0. The summed E-state index contributed by atoms with van der Waals surface area (Å²) in [6.07, 6.45) is 1.65. The van der Waals surface area contributed by atoms with E-state index < -0.39 is 0 Å². The molecule has 112 valence electrons. The number of nitrogens with zero attached hydrogens (tertiary/aromatic N) is 1. The molecule has 0 unspecified atom stereocenters. The summed E-state index contributed by atoms with van der Waals surface area (Å²) < 4.78 is 11.4. The average molecular weight is 295 g/mol. The molecule has 1 heterocycles. The van der Waals surface area contributed by atoms with Crippen molar-refractivity contribution in [1.82, 2.24) is 4.98 Å². The molecule has 3 rings (SSSR count). The largest absolute Gasteiger partial charge is 0.489 e. The lowest BCUT2D eigenvalue weighted by molar-refractivity contribution is 0.219. The number of hydrogen-bond donors (Lipinski definition) is 2. The predicted octanol–water partition coefficient (Wildman–Crippen LogP) is 2.98. The Morgan fingerprint density at radius 3 is 2.45 bits per heavy atom. The minimum Gasteiger partial charge on any atom is -0.489 e. The van der Waals surface area contributed by atoms with E-state index in [-0.39, 0.29) is 0 Å². The molecule has 5 nitrogen and oxygen atoms in total. The number of fused-ring (bicyclic) bond motifs is 1. The van der Waals surface area contributed by atoms with Crippen LogP contribution in [0.4, 0.5) is 5.82 Å². The van der Waals surface area contributed by atoms with E-state index >= 15 is 0 Å². The molecule has 0 fully saturated rings. The predicted molar refractivity (Wildman–Crippen MR) is 87.0 cm³/mol. The Labute approximate surface area is 128 Å². The summed E-state index contributed by atoms with van der Waals surface area (Å²) >= 11 is 0. The maximum Gasteiger partial charge on any atom is 0.182 e. The number of anilines is 1.